The van der Waals surface area contributed by atoms with Crippen LogP contribution in [0, 0.1) is 23.7 Å². The van der Waals surface area contributed by atoms with Gasteiger partial charge in [0.2, 0.25) is 5.91 Å². The number of anilines is 2. The van der Waals surface area contributed by atoms with Crippen LogP contribution in [0.25, 0.3) is 21.8 Å². The van der Waals surface area contributed by atoms with Gasteiger partial charge in [0.05, 0.1) is 22.2 Å². The summed E-state index contributed by atoms with van der Waals surface area (Å²) in [6.07, 6.45) is 3.01. The quantitative estimate of drug-likeness (QED) is 0.129. The molecule has 57 heavy (non-hydrogen) atoms. The van der Waals surface area contributed by atoms with Gasteiger partial charge in [-0.1, -0.05) is 41.5 Å². The average Bonchev–Trinajstić information content (AvgIpc) is 3.15. The maximum Gasteiger partial charge on any atom is 0.332 e. The van der Waals surface area contributed by atoms with Crippen molar-refractivity contribution < 1.29 is 34.5 Å². The van der Waals surface area contributed by atoms with E-state index in [1.807, 2.05) is 50.2 Å². The first kappa shape index (κ1) is 44.3. The molecule has 3 amide bonds. The monoisotopic (exact) mass is 786 g/mol. The highest BCUT2D eigenvalue weighted by atomic mass is 16.4. The lowest BCUT2D eigenvalue weighted by molar-refractivity contribution is -0.148. The van der Waals surface area contributed by atoms with Crippen molar-refractivity contribution in [2.75, 3.05) is 36.0 Å². The highest BCUT2D eigenvalue weighted by molar-refractivity contribution is 6.09. The number of carbonyl (C=O) groups is 4. The normalized spacial score (nSPS) is 20.5. The van der Waals surface area contributed by atoms with Crippen LogP contribution in [-0.2, 0) is 9.59 Å². The van der Waals surface area contributed by atoms with Gasteiger partial charge in [0, 0.05) is 72.8 Å². The van der Waals surface area contributed by atoms with Crippen LogP contribution in [0.5, 0.6) is 0 Å². The Labute approximate surface area is 333 Å². The molecule has 0 radical (unpaired) electrons. The van der Waals surface area contributed by atoms with Crippen molar-refractivity contribution >= 4 is 56.9 Å². The molecule has 0 aliphatic carbocycles. The van der Waals surface area contributed by atoms with Gasteiger partial charge in [-0.3, -0.25) is 24.4 Å². The minimum atomic E-state index is -1.21. The number of aromatic nitrogens is 2. The highest BCUT2D eigenvalue weighted by Gasteiger charge is 2.30. The summed E-state index contributed by atoms with van der Waals surface area (Å²) in [6.45, 7) is 14.5. The van der Waals surface area contributed by atoms with Crippen molar-refractivity contribution in [1.82, 2.24) is 15.3 Å². The zero-order valence-electron chi connectivity index (χ0n) is 33.6. The molecule has 308 valence electrons. The van der Waals surface area contributed by atoms with Crippen LogP contribution in [0.1, 0.15) is 75.1 Å². The van der Waals surface area contributed by atoms with Gasteiger partial charge in [-0.25, -0.2) is 4.79 Å². The minimum Gasteiger partial charge on any atom is -0.479 e. The second-order valence-electron chi connectivity index (χ2n) is 16.0. The summed E-state index contributed by atoms with van der Waals surface area (Å²) >= 11 is 0. The van der Waals surface area contributed by atoms with Crippen LogP contribution in [0.4, 0.5) is 11.4 Å². The van der Waals surface area contributed by atoms with E-state index in [2.05, 4.69) is 38.9 Å². The third kappa shape index (κ3) is 11.4. The van der Waals surface area contributed by atoms with Gasteiger partial charge in [0.25, 0.3) is 11.8 Å². The molecule has 2 aromatic carbocycles. The number of carbonyl (C=O) groups excluding carboxylic acids is 3. The molecule has 2 saturated heterocycles. The van der Waals surface area contributed by atoms with E-state index in [4.69, 9.17) is 27.4 Å². The third-order valence-corrected chi connectivity index (χ3v) is 10.2. The molecule has 2 aliphatic heterocycles. The number of hydrogen-bond acceptors (Lipinski definition) is 11. The number of nitrogens with one attached hydrogen (secondary N) is 1. The van der Waals surface area contributed by atoms with Gasteiger partial charge in [0.1, 0.15) is 6.10 Å². The predicted molar refractivity (Wildman–Crippen MR) is 222 cm³/mol. The lowest BCUT2D eigenvalue weighted by atomic mass is 9.94. The van der Waals surface area contributed by atoms with Gasteiger partial charge in [-0.05, 0) is 85.0 Å². The number of carboxylic acid groups (broad SMARTS) is 1. The van der Waals surface area contributed by atoms with Gasteiger partial charge >= 0.3 is 5.97 Å². The van der Waals surface area contributed by atoms with E-state index in [-0.39, 0.29) is 29.8 Å². The molecule has 4 aromatic rings. The first-order valence-electron chi connectivity index (χ1n) is 19.4. The summed E-state index contributed by atoms with van der Waals surface area (Å²) in [5.74, 6) is -1.86. The van der Waals surface area contributed by atoms with Gasteiger partial charge in [-0.15, -0.1) is 0 Å². The van der Waals surface area contributed by atoms with Crippen LogP contribution in [0.15, 0.2) is 60.9 Å². The summed E-state index contributed by atoms with van der Waals surface area (Å²) in [6, 6.07) is 15.1. The summed E-state index contributed by atoms with van der Waals surface area (Å²) < 4.78 is 0. The Hall–Kier alpha value is -5.38. The summed E-state index contributed by atoms with van der Waals surface area (Å²) in [4.78, 5) is 58.7. The maximum absolute atomic E-state index is 12.3. The molecular formula is C42H58N8O7. The number of nitrogens with two attached hydrogens (primary N) is 3. The van der Waals surface area contributed by atoms with Crippen molar-refractivity contribution in [3.05, 3.63) is 72.1 Å². The Morgan fingerprint density at radius 2 is 1.16 bits per heavy atom. The first-order chi connectivity index (χ1) is 26.9. The Kier molecular flexibility index (Phi) is 15.3. The molecule has 15 nitrogen and oxygen atoms in total. The van der Waals surface area contributed by atoms with Gasteiger partial charge in [-0.2, -0.15) is 0 Å². The second kappa shape index (κ2) is 19.7. The summed E-state index contributed by atoms with van der Waals surface area (Å²) in [7, 11) is 0. The zero-order chi connectivity index (χ0) is 42.1. The topological polar surface area (TPSA) is 251 Å². The van der Waals surface area contributed by atoms with Crippen LogP contribution in [0.2, 0.25) is 0 Å². The summed E-state index contributed by atoms with van der Waals surface area (Å²) in [5, 5.41) is 31.5. The van der Waals surface area contributed by atoms with E-state index in [1.54, 1.807) is 38.4 Å². The molecule has 4 heterocycles. The SMILES string of the molecule is CC(C)[C@H](O)C(=O)N[C@@H]1C[C@H](C)CN(c2ccc(C(N)=O)c3ncccc23)C1.CC(C)[C@H](O)C(=O)O.C[C@H]1C[C@@H](N)CN(c2ccc(C(N)=O)c3ncccc23)C1. The number of piperidine rings is 2. The molecule has 0 saturated carbocycles. The van der Waals surface area contributed by atoms with Crippen LogP contribution in [0.3, 0.4) is 0 Å². The van der Waals surface area contributed by atoms with Crippen LogP contribution in [-0.4, -0.2) is 99.4 Å². The van der Waals surface area contributed by atoms with Crippen molar-refractivity contribution in [2.24, 2.45) is 40.9 Å². The first-order valence-corrected chi connectivity index (χ1v) is 19.4. The number of amides is 3. The molecule has 15 heteroatoms. The predicted octanol–water partition coefficient (Wildman–Crippen LogP) is 3.28. The van der Waals surface area contributed by atoms with E-state index >= 15 is 0 Å². The standard InChI is InChI=1S/C21H28N4O3.C16H20N4O.C5H10O3/c1-12(2)19(26)21(28)24-14-9-13(3)10-25(11-14)17-7-6-16(20(22)27)18-15(17)5-4-8-23-18;1-10-7-11(17)9-20(8-10)14-5-4-13(16(18)21)15-12(14)3-2-6-19-15;1-3(2)4(6)5(7)8/h4-8,12-14,19,26H,9-11H2,1-3H3,(H2,22,27)(H,24,28);2-6,10-11H,7-9,17H2,1H3,(H2,18,21);3-4,6H,1-2H3,(H,7,8)/t13-,14+,19-;10-,11+;4-/m000/s1. The van der Waals surface area contributed by atoms with E-state index < -0.39 is 30.0 Å². The van der Waals surface area contributed by atoms with Gasteiger partial charge in [0.15, 0.2) is 6.10 Å². The van der Waals surface area contributed by atoms with Crippen molar-refractivity contribution in [3.63, 3.8) is 0 Å². The highest BCUT2D eigenvalue weighted by Crippen LogP contribution is 2.33. The number of aliphatic hydroxyl groups excluding tert-OH is 2. The number of aliphatic hydroxyl groups is 2. The molecule has 6 rings (SSSR count). The Balaban J connectivity index is 0.000000218. The largest absolute Gasteiger partial charge is 0.479 e. The molecule has 10 N–H and O–H groups in total. The van der Waals surface area contributed by atoms with Crippen LogP contribution >= 0.6 is 0 Å². The van der Waals surface area contributed by atoms with E-state index in [0.29, 0.717) is 40.5 Å². The number of primary amides is 2. The third-order valence-electron chi connectivity index (χ3n) is 10.2. The molecule has 2 fully saturated rings. The van der Waals surface area contributed by atoms with Gasteiger partial charge < -0.3 is 47.6 Å². The number of pyridine rings is 2. The number of carboxylic acids is 1. The molecule has 2 aliphatic rings. The van der Waals surface area contributed by atoms with Crippen molar-refractivity contribution in [2.45, 2.75) is 78.7 Å². The van der Waals surface area contributed by atoms with E-state index in [0.717, 1.165) is 54.6 Å². The fourth-order valence-corrected chi connectivity index (χ4v) is 7.39. The molecule has 6 atom stereocenters. The number of benzene rings is 2. The maximum atomic E-state index is 12.3. The number of nitrogens with zero attached hydrogens (tertiary/aromatic N) is 4. The second-order valence-corrected chi connectivity index (χ2v) is 16.0. The van der Waals surface area contributed by atoms with E-state index in [1.165, 1.54) is 0 Å². The average molecular weight is 787 g/mol. The molecule has 2 aromatic heterocycles. The molecule has 0 bridgehead atoms. The number of hydrogen-bond donors (Lipinski definition) is 7. The number of aliphatic carboxylic acids is 1. The number of fused-ring (bicyclic) bond motifs is 2. The molecule has 0 spiro atoms. The smallest absolute Gasteiger partial charge is 0.332 e. The molecule has 0 unspecified atom stereocenters. The fraction of sp³-hybridized carbons (Fsp3) is 0.476. The Bertz CT molecular complexity index is 2030. The lowest BCUT2D eigenvalue weighted by Crippen LogP contribution is -2.53. The minimum absolute atomic E-state index is 0.0628. The zero-order valence-corrected chi connectivity index (χ0v) is 33.6. The molecular weight excluding hydrogens is 729 g/mol. The lowest BCUT2D eigenvalue weighted by Gasteiger charge is -2.39. The Morgan fingerprint density at radius 3 is 1.56 bits per heavy atom. The van der Waals surface area contributed by atoms with Crippen molar-refractivity contribution in [1.29, 1.82) is 0 Å². The number of rotatable bonds is 9. The fourth-order valence-electron chi connectivity index (χ4n) is 7.39. The van der Waals surface area contributed by atoms with E-state index in [9.17, 15) is 24.3 Å². The van der Waals surface area contributed by atoms with Crippen LogP contribution < -0.4 is 32.3 Å². The Morgan fingerprint density at radius 1 is 0.702 bits per heavy atom. The summed E-state index contributed by atoms with van der Waals surface area (Å²) in [5.41, 5.74) is 21.2. The van der Waals surface area contributed by atoms with Crippen molar-refractivity contribution in [3.8, 4) is 0 Å².